The highest BCUT2D eigenvalue weighted by molar-refractivity contribution is 5.94. The van der Waals surface area contributed by atoms with Gasteiger partial charge in [0.05, 0.1) is 25.0 Å². The van der Waals surface area contributed by atoms with Crippen LogP contribution in [0, 0.1) is 0 Å². The number of likely N-dealkylation sites (N-methyl/N-ethyl adjacent to an activating group) is 1. The molecule has 7 nitrogen and oxygen atoms in total. The molecule has 0 spiro atoms. The highest BCUT2D eigenvalue weighted by atomic mass is 16.5. The van der Waals surface area contributed by atoms with Crippen molar-refractivity contribution in [2.45, 2.75) is 65.2 Å². The molecular formula is C24H36N4O3. The van der Waals surface area contributed by atoms with E-state index in [0.717, 1.165) is 42.8 Å². The second-order valence-electron chi connectivity index (χ2n) is 8.88. The lowest BCUT2D eigenvalue weighted by molar-refractivity contribution is -0.133. The predicted octanol–water partition coefficient (Wildman–Crippen LogP) is 4.55. The van der Waals surface area contributed by atoms with E-state index in [1.165, 1.54) is 4.90 Å². The van der Waals surface area contributed by atoms with Crippen LogP contribution in [0.5, 0.6) is 5.75 Å². The van der Waals surface area contributed by atoms with Gasteiger partial charge >= 0.3 is 0 Å². The Labute approximate surface area is 185 Å². The molecule has 2 rings (SSSR count). The summed E-state index contributed by atoms with van der Waals surface area (Å²) in [6.45, 7) is 8.37. The molecule has 0 aliphatic carbocycles. The summed E-state index contributed by atoms with van der Waals surface area (Å²) in [5, 5.41) is 7.64. The molecule has 170 valence electrons. The molecule has 0 aliphatic rings. The van der Waals surface area contributed by atoms with Gasteiger partial charge in [0.25, 0.3) is 0 Å². The smallest absolute Gasteiger partial charge is 0.245 e. The van der Waals surface area contributed by atoms with Crippen molar-refractivity contribution in [1.82, 2.24) is 14.7 Å². The van der Waals surface area contributed by atoms with Crippen LogP contribution in [0.25, 0.3) is 5.69 Å². The Morgan fingerprint density at radius 3 is 2.39 bits per heavy atom. The summed E-state index contributed by atoms with van der Waals surface area (Å²) < 4.78 is 6.94. The van der Waals surface area contributed by atoms with Crippen molar-refractivity contribution in [2.75, 3.05) is 26.0 Å². The van der Waals surface area contributed by atoms with Gasteiger partial charge in [-0.3, -0.25) is 9.59 Å². The molecule has 1 aromatic heterocycles. The lowest BCUT2D eigenvalue weighted by atomic mass is 9.92. The molecule has 2 aromatic rings. The third-order valence-electron chi connectivity index (χ3n) is 5.11. The van der Waals surface area contributed by atoms with Gasteiger partial charge < -0.3 is 15.0 Å². The minimum Gasteiger partial charge on any atom is -0.497 e. The Hall–Kier alpha value is -2.83. The average molecular weight is 429 g/mol. The van der Waals surface area contributed by atoms with E-state index in [1.807, 2.05) is 30.3 Å². The predicted molar refractivity (Wildman–Crippen MR) is 124 cm³/mol. The van der Waals surface area contributed by atoms with Crippen molar-refractivity contribution >= 4 is 17.6 Å². The van der Waals surface area contributed by atoms with E-state index in [0.29, 0.717) is 12.2 Å². The highest BCUT2D eigenvalue weighted by Gasteiger charge is 2.22. The van der Waals surface area contributed by atoms with Gasteiger partial charge in [0.15, 0.2) is 0 Å². The fraction of sp³-hybridized carbons (Fsp3) is 0.542. The zero-order chi connectivity index (χ0) is 23.0. The van der Waals surface area contributed by atoms with Gasteiger partial charge in [0, 0.05) is 24.9 Å². The molecule has 0 fully saturated rings. The van der Waals surface area contributed by atoms with Gasteiger partial charge in [0.1, 0.15) is 11.6 Å². The molecule has 1 aromatic carbocycles. The van der Waals surface area contributed by atoms with Crippen molar-refractivity contribution in [3.05, 3.63) is 36.0 Å². The number of benzene rings is 1. The van der Waals surface area contributed by atoms with Crippen molar-refractivity contribution < 1.29 is 14.3 Å². The zero-order valence-electron chi connectivity index (χ0n) is 19.7. The summed E-state index contributed by atoms with van der Waals surface area (Å²) in [6, 6.07) is 9.36. The summed E-state index contributed by atoms with van der Waals surface area (Å²) in [5.74, 6) is 1.06. The molecule has 0 aliphatic heterocycles. The van der Waals surface area contributed by atoms with Crippen LogP contribution < -0.4 is 10.1 Å². The van der Waals surface area contributed by atoms with E-state index >= 15 is 0 Å². The maximum atomic E-state index is 12.7. The van der Waals surface area contributed by atoms with Crippen LogP contribution in [-0.4, -0.2) is 47.2 Å². The fourth-order valence-electron chi connectivity index (χ4n) is 3.14. The van der Waals surface area contributed by atoms with Crippen molar-refractivity contribution in [3.8, 4) is 11.4 Å². The number of nitrogens with one attached hydrogen (secondary N) is 1. The monoisotopic (exact) mass is 428 g/mol. The SMILES string of the molecule is CCCCCCC(=O)N(C)CC(=O)Nc1cc(C(C)(C)C)nn1-c1ccc(OC)cc1. The van der Waals surface area contributed by atoms with Crippen LogP contribution in [0.2, 0.25) is 0 Å². The minimum atomic E-state index is -0.250. The summed E-state index contributed by atoms with van der Waals surface area (Å²) in [6.07, 6.45) is 4.63. The first-order valence-electron chi connectivity index (χ1n) is 10.9. The van der Waals surface area contributed by atoms with Gasteiger partial charge in [0.2, 0.25) is 11.8 Å². The lowest BCUT2D eigenvalue weighted by Gasteiger charge is -2.17. The summed E-state index contributed by atoms with van der Waals surface area (Å²) in [4.78, 5) is 26.5. The van der Waals surface area contributed by atoms with Gasteiger partial charge in [-0.05, 0) is 30.7 Å². The Balaban J connectivity index is 2.12. The molecule has 1 heterocycles. The third-order valence-corrected chi connectivity index (χ3v) is 5.11. The largest absolute Gasteiger partial charge is 0.497 e. The maximum Gasteiger partial charge on any atom is 0.245 e. The molecule has 7 heteroatoms. The molecule has 0 saturated heterocycles. The first kappa shape index (κ1) is 24.4. The molecule has 0 atom stereocenters. The Morgan fingerprint density at radius 2 is 1.81 bits per heavy atom. The molecule has 0 unspecified atom stereocenters. The molecule has 2 amide bonds. The average Bonchev–Trinajstić information content (AvgIpc) is 3.15. The summed E-state index contributed by atoms with van der Waals surface area (Å²) in [7, 11) is 3.29. The number of methoxy groups -OCH3 is 1. The fourth-order valence-corrected chi connectivity index (χ4v) is 3.14. The van der Waals surface area contributed by atoms with Crippen LogP contribution in [0.15, 0.2) is 30.3 Å². The summed E-state index contributed by atoms with van der Waals surface area (Å²) in [5.41, 5.74) is 1.49. The number of hydrogen-bond donors (Lipinski definition) is 1. The Kier molecular flexibility index (Phi) is 8.65. The van der Waals surface area contributed by atoms with Crippen molar-refractivity contribution in [3.63, 3.8) is 0 Å². The van der Waals surface area contributed by atoms with E-state index in [-0.39, 0.29) is 23.8 Å². The van der Waals surface area contributed by atoms with Crippen molar-refractivity contribution in [2.24, 2.45) is 0 Å². The topological polar surface area (TPSA) is 76.5 Å². The van der Waals surface area contributed by atoms with Crippen LogP contribution in [0.3, 0.4) is 0 Å². The van der Waals surface area contributed by atoms with E-state index in [2.05, 4.69) is 33.0 Å². The number of anilines is 1. The normalized spacial score (nSPS) is 11.3. The van der Waals surface area contributed by atoms with Gasteiger partial charge in [-0.25, -0.2) is 4.68 Å². The molecule has 0 radical (unpaired) electrons. The molecular weight excluding hydrogens is 392 g/mol. The van der Waals surface area contributed by atoms with Gasteiger partial charge in [-0.15, -0.1) is 0 Å². The number of unbranched alkanes of at least 4 members (excludes halogenated alkanes) is 3. The van der Waals surface area contributed by atoms with E-state index in [4.69, 9.17) is 9.84 Å². The number of amides is 2. The first-order chi connectivity index (χ1) is 14.7. The quantitative estimate of drug-likeness (QED) is 0.564. The van der Waals surface area contributed by atoms with Crippen molar-refractivity contribution in [1.29, 1.82) is 0 Å². The van der Waals surface area contributed by atoms with Crippen LogP contribution in [-0.2, 0) is 15.0 Å². The van der Waals surface area contributed by atoms with E-state index in [9.17, 15) is 9.59 Å². The second kappa shape index (κ2) is 11.0. The standard InChI is InChI=1S/C24H36N4O3/c1-7-8-9-10-11-23(30)27(5)17-22(29)25-21-16-20(24(2,3)4)26-28(21)18-12-14-19(31-6)15-13-18/h12-16H,7-11,17H2,1-6H3,(H,25,29). The van der Waals surface area contributed by atoms with Crippen LogP contribution in [0.1, 0.15) is 65.5 Å². The molecule has 1 N–H and O–H groups in total. The van der Waals surface area contributed by atoms with E-state index in [1.54, 1.807) is 18.8 Å². The molecule has 0 bridgehead atoms. The number of aromatic nitrogens is 2. The number of rotatable bonds is 10. The third kappa shape index (κ3) is 7.12. The lowest BCUT2D eigenvalue weighted by Crippen LogP contribution is -2.35. The second-order valence-corrected chi connectivity index (χ2v) is 8.88. The number of carbonyl (C=O) groups excluding carboxylic acids is 2. The number of ether oxygens (including phenoxy) is 1. The summed E-state index contributed by atoms with van der Waals surface area (Å²) >= 11 is 0. The number of carbonyl (C=O) groups is 2. The Morgan fingerprint density at radius 1 is 1.13 bits per heavy atom. The van der Waals surface area contributed by atoms with Crippen LogP contribution in [0.4, 0.5) is 5.82 Å². The Bertz CT molecular complexity index is 866. The zero-order valence-corrected chi connectivity index (χ0v) is 19.7. The first-order valence-corrected chi connectivity index (χ1v) is 10.9. The minimum absolute atomic E-state index is 0.00521. The van der Waals surface area contributed by atoms with E-state index < -0.39 is 0 Å². The maximum absolute atomic E-state index is 12.7. The van der Waals surface area contributed by atoms with Gasteiger partial charge in [-0.2, -0.15) is 5.10 Å². The highest BCUT2D eigenvalue weighted by Crippen LogP contribution is 2.27. The number of nitrogens with zero attached hydrogens (tertiary/aromatic N) is 3. The molecule has 31 heavy (non-hydrogen) atoms. The van der Waals surface area contributed by atoms with Crippen LogP contribution >= 0.6 is 0 Å². The van der Waals surface area contributed by atoms with Gasteiger partial charge in [-0.1, -0.05) is 47.0 Å². The number of hydrogen-bond acceptors (Lipinski definition) is 4. The molecule has 0 saturated carbocycles.